The molecule has 0 spiro atoms. The molecule has 5 nitrogen and oxygen atoms in total. The number of hydrogen-bond acceptors (Lipinski definition) is 3. The van der Waals surface area contributed by atoms with Gasteiger partial charge >= 0.3 is 0 Å². The van der Waals surface area contributed by atoms with Crippen molar-refractivity contribution in [1.29, 1.82) is 0 Å². The molecule has 29 heavy (non-hydrogen) atoms. The maximum atomic E-state index is 13.1. The van der Waals surface area contributed by atoms with Crippen LogP contribution < -0.4 is 4.90 Å². The van der Waals surface area contributed by atoms with Gasteiger partial charge in [-0.25, -0.2) is 0 Å². The summed E-state index contributed by atoms with van der Waals surface area (Å²) >= 11 is 5.97. The number of rotatable bonds is 5. The first-order valence-corrected chi connectivity index (χ1v) is 10.4. The average Bonchev–Trinajstić information content (AvgIpc) is 3.26. The van der Waals surface area contributed by atoms with Crippen LogP contribution in [0.15, 0.2) is 60.7 Å². The molecule has 1 N–H and O–H groups in total. The lowest BCUT2D eigenvalue weighted by atomic mass is 9.95. The lowest BCUT2D eigenvalue weighted by molar-refractivity contribution is -0.133. The summed E-state index contributed by atoms with van der Waals surface area (Å²) in [6.07, 6.45) is 0.812. The van der Waals surface area contributed by atoms with Crippen LogP contribution in [0.25, 0.3) is 11.3 Å². The van der Waals surface area contributed by atoms with Crippen LogP contribution in [0.5, 0.6) is 0 Å². The van der Waals surface area contributed by atoms with E-state index >= 15 is 0 Å². The second-order valence-corrected chi connectivity index (χ2v) is 7.77. The summed E-state index contributed by atoms with van der Waals surface area (Å²) in [7, 11) is 0. The molecule has 0 radical (unpaired) electrons. The highest BCUT2D eigenvalue weighted by Gasteiger charge is 2.28. The topological polar surface area (TPSA) is 52.2 Å². The fourth-order valence-corrected chi connectivity index (χ4v) is 3.99. The Morgan fingerprint density at radius 3 is 2.41 bits per heavy atom. The van der Waals surface area contributed by atoms with E-state index in [0.29, 0.717) is 13.1 Å². The molecule has 1 atom stereocenters. The highest BCUT2D eigenvalue weighted by molar-refractivity contribution is 6.30. The number of anilines is 1. The van der Waals surface area contributed by atoms with Crippen molar-refractivity contribution in [3.8, 4) is 11.3 Å². The van der Waals surface area contributed by atoms with Gasteiger partial charge in [0, 0.05) is 37.3 Å². The Labute approximate surface area is 176 Å². The first-order valence-electron chi connectivity index (χ1n) is 10.1. The summed E-state index contributed by atoms with van der Waals surface area (Å²) in [4.78, 5) is 17.3. The molecule has 0 unspecified atom stereocenters. The number of benzene rings is 2. The first-order chi connectivity index (χ1) is 14.2. The third-order valence-electron chi connectivity index (χ3n) is 5.54. The van der Waals surface area contributed by atoms with Crippen molar-refractivity contribution in [3.63, 3.8) is 0 Å². The van der Waals surface area contributed by atoms with Crippen LogP contribution in [0.2, 0.25) is 5.02 Å². The SMILES string of the molecule is CC[C@H](C(=O)N1CCN(c2cc(-c3ccc(Cl)cc3)[nH]n2)CC1)c1ccccc1. The molecule has 1 aromatic heterocycles. The molecule has 1 saturated heterocycles. The summed E-state index contributed by atoms with van der Waals surface area (Å²) in [5.74, 6) is 1.07. The van der Waals surface area contributed by atoms with E-state index in [1.54, 1.807) is 0 Å². The van der Waals surface area contributed by atoms with Gasteiger partial charge < -0.3 is 9.80 Å². The normalized spacial score (nSPS) is 15.4. The standard InChI is InChI=1S/C23H25ClN4O/c1-2-20(17-6-4-3-5-7-17)23(29)28-14-12-27(13-15-28)22-16-21(25-26-22)18-8-10-19(24)11-9-18/h3-11,16,20H,2,12-15H2,1H3,(H,25,26)/t20-/m0/s1. The van der Waals surface area contributed by atoms with Gasteiger partial charge in [0.05, 0.1) is 11.6 Å². The fourth-order valence-electron chi connectivity index (χ4n) is 3.87. The third kappa shape index (κ3) is 4.30. The smallest absolute Gasteiger partial charge is 0.230 e. The lowest BCUT2D eigenvalue weighted by Crippen LogP contribution is -2.50. The van der Waals surface area contributed by atoms with Crippen LogP contribution in [-0.4, -0.2) is 47.2 Å². The van der Waals surface area contributed by atoms with Crippen LogP contribution in [-0.2, 0) is 4.79 Å². The van der Waals surface area contributed by atoms with Crippen LogP contribution in [0.4, 0.5) is 5.82 Å². The van der Waals surface area contributed by atoms with Gasteiger partial charge in [-0.3, -0.25) is 9.89 Å². The maximum Gasteiger partial charge on any atom is 0.230 e. The second kappa shape index (κ2) is 8.70. The Morgan fingerprint density at radius 2 is 1.76 bits per heavy atom. The van der Waals surface area contributed by atoms with E-state index in [1.807, 2.05) is 59.5 Å². The summed E-state index contributed by atoms with van der Waals surface area (Å²) in [6.45, 7) is 5.06. The van der Waals surface area contributed by atoms with Gasteiger partial charge in [-0.15, -0.1) is 0 Å². The fraction of sp³-hybridized carbons (Fsp3) is 0.304. The minimum Gasteiger partial charge on any atom is -0.352 e. The van der Waals surface area contributed by atoms with Crippen molar-refractivity contribution in [1.82, 2.24) is 15.1 Å². The van der Waals surface area contributed by atoms with Crippen molar-refractivity contribution in [3.05, 3.63) is 71.2 Å². The van der Waals surface area contributed by atoms with E-state index < -0.39 is 0 Å². The molecule has 6 heteroatoms. The van der Waals surface area contributed by atoms with Crippen molar-refractivity contribution < 1.29 is 4.79 Å². The second-order valence-electron chi connectivity index (χ2n) is 7.33. The predicted molar refractivity (Wildman–Crippen MR) is 117 cm³/mol. The molecule has 1 amide bonds. The Balaban J connectivity index is 1.39. The molecule has 150 valence electrons. The number of carbonyl (C=O) groups excluding carboxylic acids is 1. The van der Waals surface area contributed by atoms with Crippen molar-refractivity contribution in [2.24, 2.45) is 0 Å². The van der Waals surface area contributed by atoms with Gasteiger partial charge in [-0.1, -0.05) is 61.0 Å². The monoisotopic (exact) mass is 408 g/mol. The summed E-state index contributed by atoms with van der Waals surface area (Å²) in [5.41, 5.74) is 3.11. The number of nitrogens with one attached hydrogen (secondary N) is 1. The zero-order chi connectivity index (χ0) is 20.2. The van der Waals surface area contributed by atoms with Gasteiger partial charge in [-0.05, 0) is 29.7 Å². The summed E-state index contributed by atoms with van der Waals surface area (Å²) < 4.78 is 0. The molecule has 0 aliphatic carbocycles. The highest BCUT2D eigenvalue weighted by atomic mass is 35.5. The number of aromatic amines is 1. The van der Waals surface area contributed by atoms with Crippen LogP contribution >= 0.6 is 11.6 Å². The number of nitrogens with zero attached hydrogens (tertiary/aromatic N) is 3. The predicted octanol–water partition coefficient (Wildman–Crippen LogP) is 4.57. The van der Waals surface area contributed by atoms with Crippen molar-refractivity contribution in [2.75, 3.05) is 31.1 Å². The number of amides is 1. The lowest BCUT2D eigenvalue weighted by Gasteiger charge is -2.36. The van der Waals surface area contributed by atoms with E-state index in [2.05, 4.69) is 28.1 Å². The number of aromatic nitrogens is 2. The maximum absolute atomic E-state index is 13.1. The van der Waals surface area contributed by atoms with E-state index in [4.69, 9.17) is 11.6 Å². The van der Waals surface area contributed by atoms with Crippen molar-refractivity contribution >= 4 is 23.3 Å². The Bertz CT molecular complexity index is 947. The van der Waals surface area contributed by atoms with E-state index in [-0.39, 0.29) is 11.8 Å². The van der Waals surface area contributed by atoms with Crippen LogP contribution in [0, 0.1) is 0 Å². The van der Waals surface area contributed by atoms with E-state index in [9.17, 15) is 4.79 Å². The third-order valence-corrected chi connectivity index (χ3v) is 5.80. The molecule has 3 aromatic rings. The number of piperazine rings is 1. The zero-order valence-electron chi connectivity index (χ0n) is 16.5. The quantitative estimate of drug-likeness (QED) is 0.672. The van der Waals surface area contributed by atoms with Crippen molar-refractivity contribution in [2.45, 2.75) is 19.3 Å². The largest absolute Gasteiger partial charge is 0.352 e. The summed E-state index contributed by atoms with van der Waals surface area (Å²) in [6, 6.07) is 19.8. The first kappa shape index (κ1) is 19.5. The molecule has 0 bridgehead atoms. The molecule has 0 saturated carbocycles. The van der Waals surface area contributed by atoms with E-state index in [0.717, 1.165) is 47.2 Å². The number of hydrogen-bond donors (Lipinski definition) is 1. The number of carbonyl (C=O) groups is 1. The van der Waals surface area contributed by atoms with Gasteiger partial charge in [0.25, 0.3) is 0 Å². The minimum absolute atomic E-state index is 0.0651. The number of H-pyrrole nitrogens is 1. The van der Waals surface area contributed by atoms with Gasteiger partial charge in [0.2, 0.25) is 5.91 Å². The molecule has 2 aromatic carbocycles. The Morgan fingerprint density at radius 1 is 1.07 bits per heavy atom. The molecular formula is C23H25ClN4O. The molecule has 1 aliphatic rings. The molecule has 4 rings (SSSR count). The highest BCUT2D eigenvalue weighted by Crippen LogP contribution is 2.26. The zero-order valence-corrected chi connectivity index (χ0v) is 17.3. The van der Waals surface area contributed by atoms with Gasteiger partial charge in [-0.2, -0.15) is 5.10 Å². The summed E-state index contributed by atoms with van der Waals surface area (Å²) in [5, 5.41) is 8.30. The minimum atomic E-state index is -0.0651. The van der Waals surface area contributed by atoms with Crippen LogP contribution in [0.3, 0.4) is 0 Å². The molecular weight excluding hydrogens is 384 g/mol. The Hall–Kier alpha value is -2.79. The number of halogens is 1. The molecule has 2 heterocycles. The molecule has 1 aliphatic heterocycles. The molecule has 1 fully saturated rings. The Kier molecular flexibility index (Phi) is 5.86. The van der Waals surface area contributed by atoms with Crippen LogP contribution in [0.1, 0.15) is 24.8 Å². The average molecular weight is 409 g/mol. The van der Waals surface area contributed by atoms with E-state index in [1.165, 1.54) is 0 Å². The van der Waals surface area contributed by atoms with Gasteiger partial charge in [0.15, 0.2) is 5.82 Å². The van der Waals surface area contributed by atoms with Gasteiger partial charge in [0.1, 0.15) is 0 Å².